The second-order valence-electron chi connectivity index (χ2n) is 6.69. The molecular formula is C16H25N3O2. The van der Waals surface area contributed by atoms with Gasteiger partial charge in [0.25, 0.3) is 0 Å². The third-order valence-electron chi connectivity index (χ3n) is 3.53. The van der Waals surface area contributed by atoms with Gasteiger partial charge in [-0.1, -0.05) is 6.07 Å². The number of pyridine rings is 1. The fourth-order valence-corrected chi connectivity index (χ4v) is 2.43. The van der Waals surface area contributed by atoms with E-state index in [1.165, 1.54) is 5.56 Å². The maximum Gasteiger partial charge on any atom is 0.407 e. The van der Waals surface area contributed by atoms with Crippen molar-refractivity contribution in [1.29, 1.82) is 0 Å². The van der Waals surface area contributed by atoms with Crippen LogP contribution in [0.4, 0.5) is 4.79 Å². The molecule has 2 rings (SSSR count). The molecule has 116 valence electrons. The van der Waals surface area contributed by atoms with Gasteiger partial charge < -0.3 is 15.4 Å². The van der Waals surface area contributed by atoms with Crippen molar-refractivity contribution in [2.45, 2.75) is 64.3 Å². The van der Waals surface area contributed by atoms with E-state index in [9.17, 15) is 4.79 Å². The first-order valence-electron chi connectivity index (χ1n) is 7.49. The summed E-state index contributed by atoms with van der Waals surface area (Å²) in [6, 6.07) is 4.92. The van der Waals surface area contributed by atoms with Gasteiger partial charge in [0.2, 0.25) is 0 Å². The standard InChI is InChI=1S/C16H25N3O2/c1-11(12-6-5-7-17-10-12)18-13-8-14(9-13)19-15(20)21-16(2,3)4/h5-7,10-11,13-14,18H,8-9H2,1-4H3,(H,19,20)/t11-,13?,14?/m1/s1. The van der Waals surface area contributed by atoms with Gasteiger partial charge in [0, 0.05) is 30.5 Å². The number of nitrogens with one attached hydrogen (secondary N) is 2. The summed E-state index contributed by atoms with van der Waals surface area (Å²) in [7, 11) is 0. The molecule has 1 heterocycles. The van der Waals surface area contributed by atoms with Gasteiger partial charge >= 0.3 is 6.09 Å². The van der Waals surface area contributed by atoms with Crippen LogP contribution in [-0.4, -0.2) is 28.8 Å². The Morgan fingerprint density at radius 1 is 1.38 bits per heavy atom. The summed E-state index contributed by atoms with van der Waals surface area (Å²) in [6.45, 7) is 7.74. The van der Waals surface area contributed by atoms with Crippen molar-refractivity contribution >= 4 is 6.09 Å². The molecule has 2 N–H and O–H groups in total. The number of hydrogen-bond donors (Lipinski definition) is 2. The Balaban J connectivity index is 1.69. The molecule has 0 unspecified atom stereocenters. The topological polar surface area (TPSA) is 63.2 Å². The summed E-state index contributed by atoms with van der Waals surface area (Å²) in [4.78, 5) is 15.8. The van der Waals surface area contributed by atoms with Gasteiger partial charge in [0.1, 0.15) is 5.60 Å². The fourth-order valence-electron chi connectivity index (χ4n) is 2.43. The van der Waals surface area contributed by atoms with Gasteiger partial charge in [0.05, 0.1) is 0 Å². The fraction of sp³-hybridized carbons (Fsp3) is 0.625. The van der Waals surface area contributed by atoms with Crippen molar-refractivity contribution < 1.29 is 9.53 Å². The molecular weight excluding hydrogens is 266 g/mol. The highest BCUT2D eigenvalue weighted by Gasteiger charge is 2.32. The van der Waals surface area contributed by atoms with Crippen molar-refractivity contribution in [2.75, 3.05) is 0 Å². The predicted octanol–water partition coefficient (Wildman–Crippen LogP) is 2.79. The van der Waals surface area contributed by atoms with Crippen molar-refractivity contribution in [3.8, 4) is 0 Å². The molecule has 0 saturated heterocycles. The first kappa shape index (κ1) is 15.8. The van der Waals surface area contributed by atoms with Crippen LogP contribution in [0.2, 0.25) is 0 Å². The molecule has 1 aliphatic carbocycles. The summed E-state index contributed by atoms with van der Waals surface area (Å²) in [5.74, 6) is 0. The van der Waals surface area contributed by atoms with E-state index in [2.05, 4.69) is 28.6 Å². The van der Waals surface area contributed by atoms with Crippen LogP contribution in [0.1, 0.15) is 52.1 Å². The number of rotatable bonds is 4. The van der Waals surface area contributed by atoms with E-state index in [-0.39, 0.29) is 18.2 Å². The number of alkyl carbamates (subject to hydrolysis) is 1. The molecule has 0 bridgehead atoms. The van der Waals surface area contributed by atoms with Gasteiger partial charge in [-0.25, -0.2) is 4.79 Å². The van der Waals surface area contributed by atoms with Crippen molar-refractivity contribution in [2.24, 2.45) is 0 Å². The Kier molecular flexibility index (Phi) is 4.83. The van der Waals surface area contributed by atoms with Crippen LogP contribution >= 0.6 is 0 Å². The minimum absolute atomic E-state index is 0.207. The van der Waals surface area contributed by atoms with E-state index in [4.69, 9.17) is 4.74 Å². The van der Waals surface area contributed by atoms with Gasteiger partial charge in [-0.2, -0.15) is 0 Å². The Labute approximate surface area is 126 Å². The molecule has 1 amide bonds. The van der Waals surface area contributed by atoms with E-state index in [0.29, 0.717) is 6.04 Å². The normalized spacial score (nSPS) is 23.0. The highest BCUT2D eigenvalue weighted by Crippen LogP contribution is 2.24. The first-order chi connectivity index (χ1) is 9.83. The van der Waals surface area contributed by atoms with E-state index in [1.807, 2.05) is 33.0 Å². The number of hydrogen-bond acceptors (Lipinski definition) is 4. The van der Waals surface area contributed by atoms with Crippen LogP contribution in [-0.2, 0) is 4.74 Å². The minimum atomic E-state index is -0.444. The van der Waals surface area contributed by atoms with E-state index in [0.717, 1.165) is 12.8 Å². The predicted molar refractivity (Wildman–Crippen MR) is 82.0 cm³/mol. The third kappa shape index (κ3) is 5.01. The van der Waals surface area contributed by atoms with Crippen molar-refractivity contribution in [3.05, 3.63) is 30.1 Å². The summed E-state index contributed by atoms with van der Waals surface area (Å²) in [5, 5.41) is 6.45. The Hall–Kier alpha value is -1.62. The third-order valence-corrected chi connectivity index (χ3v) is 3.53. The van der Waals surface area contributed by atoms with Crippen LogP contribution < -0.4 is 10.6 Å². The van der Waals surface area contributed by atoms with E-state index in [1.54, 1.807) is 6.20 Å². The minimum Gasteiger partial charge on any atom is -0.444 e. The van der Waals surface area contributed by atoms with Gasteiger partial charge in [0.15, 0.2) is 0 Å². The number of carbonyl (C=O) groups excluding carboxylic acids is 1. The molecule has 0 aliphatic heterocycles. The summed E-state index contributed by atoms with van der Waals surface area (Å²) < 4.78 is 5.25. The molecule has 0 radical (unpaired) electrons. The molecule has 0 aromatic carbocycles. The van der Waals surface area contributed by atoms with Gasteiger partial charge in [-0.3, -0.25) is 4.98 Å². The van der Waals surface area contributed by atoms with Crippen LogP contribution in [0.5, 0.6) is 0 Å². The lowest BCUT2D eigenvalue weighted by Gasteiger charge is -2.38. The van der Waals surface area contributed by atoms with Gasteiger partial charge in [-0.05, 0) is 52.2 Å². The zero-order valence-corrected chi connectivity index (χ0v) is 13.2. The average Bonchev–Trinajstić information content (AvgIpc) is 2.35. The zero-order chi connectivity index (χ0) is 15.5. The first-order valence-corrected chi connectivity index (χ1v) is 7.49. The quantitative estimate of drug-likeness (QED) is 0.895. The Morgan fingerprint density at radius 3 is 2.67 bits per heavy atom. The maximum atomic E-state index is 11.7. The lowest BCUT2D eigenvalue weighted by atomic mass is 9.86. The SMILES string of the molecule is C[C@@H](NC1CC(NC(=O)OC(C)(C)C)C1)c1cccnc1. The monoisotopic (exact) mass is 291 g/mol. The summed E-state index contributed by atoms with van der Waals surface area (Å²) >= 11 is 0. The number of ether oxygens (including phenoxy) is 1. The number of nitrogens with zero attached hydrogens (tertiary/aromatic N) is 1. The molecule has 1 fully saturated rings. The molecule has 0 spiro atoms. The Morgan fingerprint density at radius 2 is 2.10 bits per heavy atom. The second-order valence-corrected chi connectivity index (χ2v) is 6.69. The molecule has 1 saturated carbocycles. The van der Waals surface area contributed by atoms with Crippen LogP contribution in [0, 0.1) is 0 Å². The molecule has 1 aromatic heterocycles. The van der Waals surface area contributed by atoms with Crippen molar-refractivity contribution in [3.63, 3.8) is 0 Å². The number of carbonyl (C=O) groups is 1. The second kappa shape index (κ2) is 6.43. The molecule has 1 aromatic rings. The highest BCUT2D eigenvalue weighted by atomic mass is 16.6. The van der Waals surface area contributed by atoms with Crippen LogP contribution in [0.15, 0.2) is 24.5 Å². The highest BCUT2D eigenvalue weighted by molar-refractivity contribution is 5.68. The molecule has 5 nitrogen and oxygen atoms in total. The molecule has 1 atom stereocenters. The maximum absolute atomic E-state index is 11.7. The Bertz CT molecular complexity index is 464. The summed E-state index contributed by atoms with van der Waals surface area (Å²) in [5.41, 5.74) is 0.737. The zero-order valence-electron chi connectivity index (χ0n) is 13.2. The lowest BCUT2D eigenvalue weighted by Crippen LogP contribution is -2.53. The lowest BCUT2D eigenvalue weighted by molar-refractivity contribution is 0.0463. The van der Waals surface area contributed by atoms with Crippen LogP contribution in [0.3, 0.4) is 0 Å². The average molecular weight is 291 g/mol. The van der Waals surface area contributed by atoms with E-state index >= 15 is 0 Å². The van der Waals surface area contributed by atoms with E-state index < -0.39 is 5.60 Å². The van der Waals surface area contributed by atoms with Crippen molar-refractivity contribution in [1.82, 2.24) is 15.6 Å². The smallest absolute Gasteiger partial charge is 0.407 e. The summed E-state index contributed by atoms with van der Waals surface area (Å²) in [6.07, 6.45) is 5.20. The van der Waals surface area contributed by atoms with Gasteiger partial charge in [-0.15, -0.1) is 0 Å². The molecule has 21 heavy (non-hydrogen) atoms. The number of aromatic nitrogens is 1. The largest absolute Gasteiger partial charge is 0.444 e. The van der Waals surface area contributed by atoms with Crippen LogP contribution in [0.25, 0.3) is 0 Å². The molecule has 1 aliphatic rings. The molecule has 5 heteroatoms. The number of amides is 1.